The Balaban J connectivity index is 1.76. The molecular formula is C13H21N3O2. The Bertz CT molecular complexity index is 408. The van der Waals surface area contributed by atoms with Gasteiger partial charge in [0.15, 0.2) is 0 Å². The molecule has 1 fully saturated rings. The topological polar surface area (TPSA) is 55.3 Å². The van der Waals surface area contributed by atoms with E-state index in [4.69, 9.17) is 4.74 Å². The van der Waals surface area contributed by atoms with E-state index in [2.05, 4.69) is 28.2 Å². The van der Waals surface area contributed by atoms with Gasteiger partial charge in [-0.15, -0.1) is 0 Å². The van der Waals surface area contributed by atoms with Gasteiger partial charge in [-0.25, -0.2) is 0 Å². The minimum absolute atomic E-state index is 0.0665. The fourth-order valence-electron chi connectivity index (χ4n) is 2.08. The number of nitrogens with one attached hydrogen (secondary N) is 2. The zero-order valence-corrected chi connectivity index (χ0v) is 11.0. The molecule has 18 heavy (non-hydrogen) atoms. The molecule has 1 amide bonds. The van der Waals surface area contributed by atoms with Crippen molar-refractivity contribution in [3.8, 4) is 0 Å². The van der Waals surface area contributed by atoms with Crippen molar-refractivity contribution in [1.82, 2.24) is 15.2 Å². The molecule has 100 valence electrons. The second-order valence-corrected chi connectivity index (χ2v) is 4.73. The molecule has 1 aliphatic rings. The standard InChI is InChI=1S/C13H21N3O2/c1-10-3-4-12(16(10)2)8-15-13(17)7-11-9-18-6-5-14-11/h3-4,11,14H,5-9H2,1-2H3,(H,15,17). The number of nitrogens with zero attached hydrogens (tertiary/aromatic N) is 1. The molecule has 2 rings (SSSR count). The van der Waals surface area contributed by atoms with Crippen LogP contribution in [-0.2, 0) is 23.1 Å². The first-order valence-electron chi connectivity index (χ1n) is 6.36. The Hall–Kier alpha value is -1.33. The van der Waals surface area contributed by atoms with Gasteiger partial charge in [-0.05, 0) is 19.1 Å². The number of aromatic nitrogens is 1. The van der Waals surface area contributed by atoms with E-state index in [9.17, 15) is 4.79 Å². The van der Waals surface area contributed by atoms with E-state index in [0.29, 0.717) is 19.6 Å². The molecule has 0 saturated carbocycles. The average Bonchev–Trinajstić information content (AvgIpc) is 2.69. The van der Waals surface area contributed by atoms with Crippen LogP contribution < -0.4 is 10.6 Å². The van der Waals surface area contributed by atoms with E-state index >= 15 is 0 Å². The Morgan fingerprint density at radius 1 is 1.61 bits per heavy atom. The Morgan fingerprint density at radius 3 is 3.06 bits per heavy atom. The van der Waals surface area contributed by atoms with Crippen LogP contribution in [0.15, 0.2) is 12.1 Å². The maximum Gasteiger partial charge on any atom is 0.221 e. The molecule has 1 unspecified atom stereocenters. The van der Waals surface area contributed by atoms with Gasteiger partial charge in [0, 0.05) is 37.4 Å². The molecule has 1 aliphatic heterocycles. The highest BCUT2D eigenvalue weighted by atomic mass is 16.5. The SMILES string of the molecule is Cc1ccc(CNC(=O)CC2COCCN2)n1C. The van der Waals surface area contributed by atoms with Crippen LogP contribution in [0.25, 0.3) is 0 Å². The molecule has 0 aliphatic carbocycles. The van der Waals surface area contributed by atoms with Gasteiger partial charge in [0.25, 0.3) is 0 Å². The number of hydrogen-bond donors (Lipinski definition) is 2. The van der Waals surface area contributed by atoms with Gasteiger partial charge in [-0.2, -0.15) is 0 Å². The smallest absolute Gasteiger partial charge is 0.221 e. The fourth-order valence-corrected chi connectivity index (χ4v) is 2.08. The van der Waals surface area contributed by atoms with Gasteiger partial charge < -0.3 is 19.9 Å². The number of hydrogen-bond acceptors (Lipinski definition) is 3. The molecule has 5 heteroatoms. The van der Waals surface area contributed by atoms with Crippen molar-refractivity contribution < 1.29 is 9.53 Å². The summed E-state index contributed by atoms with van der Waals surface area (Å²) < 4.78 is 7.41. The lowest BCUT2D eigenvalue weighted by Gasteiger charge is -2.23. The summed E-state index contributed by atoms with van der Waals surface area (Å²) in [5.74, 6) is 0.0665. The first-order chi connectivity index (χ1) is 8.66. The maximum absolute atomic E-state index is 11.8. The predicted octanol–water partition coefficient (Wildman–Crippen LogP) is 0.328. The normalized spacial score (nSPS) is 19.8. The van der Waals surface area contributed by atoms with Gasteiger partial charge in [0.2, 0.25) is 5.91 Å². The van der Waals surface area contributed by atoms with Crippen LogP contribution in [0.2, 0.25) is 0 Å². The van der Waals surface area contributed by atoms with Gasteiger partial charge in [-0.1, -0.05) is 0 Å². The fraction of sp³-hybridized carbons (Fsp3) is 0.615. The lowest BCUT2D eigenvalue weighted by Crippen LogP contribution is -2.44. The Labute approximate surface area is 108 Å². The van der Waals surface area contributed by atoms with Crippen LogP contribution in [-0.4, -0.2) is 36.3 Å². The number of carbonyl (C=O) groups is 1. The maximum atomic E-state index is 11.8. The lowest BCUT2D eigenvalue weighted by atomic mass is 10.2. The number of rotatable bonds is 4. The zero-order valence-electron chi connectivity index (χ0n) is 11.0. The molecule has 2 heterocycles. The van der Waals surface area contributed by atoms with Crippen LogP contribution in [0.3, 0.4) is 0 Å². The molecule has 1 atom stereocenters. The molecule has 0 spiro atoms. The summed E-state index contributed by atoms with van der Waals surface area (Å²) in [7, 11) is 2.01. The van der Waals surface area contributed by atoms with Crippen molar-refractivity contribution >= 4 is 5.91 Å². The van der Waals surface area contributed by atoms with E-state index in [1.54, 1.807) is 0 Å². The first kappa shape index (κ1) is 13.1. The van der Waals surface area contributed by atoms with Crippen molar-refractivity contribution in [3.63, 3.8) is 0 Å². The molecule has 1 saturated heterocycles. The molecule has 1 aromatic heterocycles. The second-order valence-electron chi connectivity index (χ2n) is 4.73. The Kier molecular flexibility index (Phi) is 4.38. The third-order valence-electron chi connectivity index (χ3n) is 3.37. The van der Waals surface area contributed by atoms with Crippen molar-refractivity contribution in [1.29, 1.82) is 0 Å². The highest BCUT2D eigenvalue weighted by molar-refractivity contribution is 5.76. The average molecular weight is 251 g/mol. The zero-order chi connectivity index (χ0) is 13.0. The van der Waals surface area contributed by atoms with Crippen LogP contribution in [0.4, 0.5) is 0 Å². The summed E-state index contributed by atoms with van der Waals surface area (Å²) in [6.45, 7) is 4.82. The predicted molar refractivity (Wildman–Crippen MR) is 69.2 cm³/mol. The highest BCUT2D eigenvalue weighted by Crippen LogP contribution is 2.05. The monoisotopic (exact) mass is 251 g/mol. The van der Waals surface area contributed by atoms with Crippen LogP contribution in [0.5, 0.6) is 0 Å². The van der Waals surface area contributed by atoms with Crippen molar-refractivity contribution in [2.45, 2.75) is 25.9 Å². The van der Waals surface area contributed by atoms with Gasteiger partial charge in [0.1, 0.15) is 0 Å². The molecule has 5 nitrogen and oxygen atoms in total. The third-order valence-corrected chi connectivity index (χ3v) is 3.37. The molecule has 0 bridgehead atoms. The highest BCUT2D eigenvalue weighted by Gasteiger charge is 2.16. The van der Waals surface area contributed by atoms with Crippen molar-refractivity contribution in [2.75, 3.05) is 19.8 Å². The summed E-state index contributed by atoms with van der Waals surface area (Å²) in [5.41, 5.74) is 2.32. The summed E-state index contributed by atoms with van der Waals surface area (Å²) in [6.07, 6.45) is 0.476. The van der Waals surface area contributed by atoms with Gasteiger partial charge in [0.05, 0.1) is 19.8 Å². The molecule has 2 N–H and O–H groups in total. The van der Waals surface area contributed by atoms with E-state index in [1.807, 2.05) is 13.1 Å². The lowest BCUT2D eigenvalue weighted by molar-refractivity contribution is -0.122. The minimum Gasteiger partial charge on any atom is -0.378 e. The summed E-state index contributed by atoms with van der Waals surface area (Å²) in [4.78, 5) is 11.8. The minimum atomic E-state index is 0.0665. The van der Waals surface area contributed by atoms with Crippen LogP contribution >= 0.6 is 0 Å². The third kappa shape index (κ3) is 3.34. The number of aryl methyl sites for hydroxylation is 1. The van der Waals surface area contributed by atoms with Crippen molar-refractivity contribution in [2.24, 2.45) is 7.05 Å². The van der Waals surface area contributed by atoms with E-state index in [0.717, 1.165) is 18.8 Å². The van der Waals surface area contributed by atoms with E-state index < -0.39 is 0 Å². The van der Waals surface area contributed by atoms with Crippen LogP contribution in [0, 0.1) is 6.92 Å². The van der Waals surface area contributed by atoms with Crippen molar-refractivity contribution in [3.05, 3.63) is 23.5 Å². The summed E-state index contributed by atoms with van der Waals surface area (Å²) in [6, 6.07) is 4.24. The number of carbonyl (C=O) groups excluding carboxylic acids is 1. The second kappa shape index (κ2) is 6.02. The van der Waals surface area contributed by atoms with Gasteiger partial charge in [-0.3, -0.25) is 4.79 Å². The molecule has 1 aromatic rings. The first-order valence-corrected chi connectivity index (χ1v) is 6.36. The summed E-state index contributed by atoms with van der Waals surface area (Å²) in [5, 5.41) is 6.22. The van der Waals surface area contributed by atoms with Crippen LogP contribution in [0.1, 0.15) is 17.8 Å². The quantitative estimate of drug-likeness (QED) is 0.811. The van der Waals surface area contributed by atoms with E-state index in [-0.39, 0.29) is 11.9 Å². The van der Waals surface area contributed by atoms with E-state index in [1.165, 1.54) is 5.69 Å². The number of ether oxygens (including phenoxy) is 1. The number of amides is 1. The molecule has 0 aromatic carbocycles. The number of morpholine rings is 1. The van der Waals surface area contributed by atoms with Gasteiger partial charge >= 0.3 is 0 Å². The molecule has 0 radical (unpaired) electrons. The molecular weight excluding hydrogens is 230 g/mol. The summed E-state index contributed by atoms with van der Waals surface area (Å²) >= 11 is 0. The Morgan fingerprint density at radius 2 is 2.44 bits per heavy atom. The largest absolute Gasteiger partial charge is 0.378 e.